The van der Waals surface area contributed by atoms with E-state index in [1.54, 1.807) is 0 Å². The van der Waals surface area contributed by atoms with Gasteiger partial charge >= 0.3 is 0 Å². The number of hydrogen-bond acceptors (Lipinski definition) is 0. The van der Waals surface area contributed by atoms with Gasteiger partial charge in [-0.1, -0.05) is 76.7 Å². The Morgan fingerprint density at radius 1 is 0.895 bits per heavy atom. The molecule has 1 aromatic rings. The molecule has 0 radical (unpaired) electrons. The minimum absolute atomic E-state index is 0.183. The maximum Gasteiger partial charge on any atom is 0.166 e. The smallest absolute Gasteiger partial charge is 0.110 e. The van der Waals surface area contributed by atoms with Gasteiger partial charge in [0, 0.05) is 5.92 Å². The zero-order valence-corrected chi connectivity index (χ0v) is 14.0. The zero-order valence-electron chi connectivity index (χ0n) is 9.44. The topological polar surface area (TPSA) is 0 Å². The molecule has 1 saturated carbocycles. The van der Waals surface area contributed by atoms with Gasteiger partial charge in [0.2, 0.25) is 0 Å². The molecule has 0 saturated heterocycles. The van der Waals surface area contributed by atoms with Crippen molar-refractivity contribution in [1.29, 1.82) is 0 Å². The summed E-state index contributed by atoms with van der Waals surface area (Å²) in [7, 11) is 0. The summed E-state index contributed by atoms with van der Waals surface area (Å²) in [6.45, 7) is 0. The van der Waals surface area contributed by atoms with Crippen LogP contribution >= 0.6 is 69.6 Å². The molecule has 102 valence electrons. The van der Waals surface area contributed by atoms with Crippen LogP contribution in [0.25, 0.3) is 0 Å². The van der Waals surface area contributed by atoms with Crippen LogP contribution in [0.1, 0.15) is 17.9 Å². The highest BCUT2D eigenvalue weighted by Gasteiger charge is 2.78. The first-order chi connectivity index (χ1) is 8.77. The van der Waals surface area contributed by atoms with Crippen molar-refractivity contribution in [1.82, 2.24) is 0 Å². The zero-order chi connectivity index (χ0) is 14.1. The van der Waals surface area contributed by atoms with Crippen LogP contribution in [0.5, 0.6) is 0 Å². The molecule has 0 spiro atoms. The number of allylic oxidation sites excluding steroid dienone is 2. The fourth-order valence-corrected chi connectivity index (χ4v) is 5.74. The van der Waals surface area contributed by atoms with Crippen LogP contribution in [0.3, 0.4) is 0 Å². The quantitative estimate of drug-likeness (QED) is 0.527. The van der Waals surface area contributed by atoms with E-state index in [4.69, 9.17) is 69.6 Å². The molecular formula is C13H8Cl6. The van der Waals surface area contributed by atoms with Gasteiger partial charge in [0.25, 0.3) is 0 Å². The van der Waals surface area contributed by atoms with E-state index in [0.29, 0.717) is 6.42 Å². The Morgan fingerprint density at radius 3 is 1.95 bits per heavy atom. The lowest BCUT2D eigenvalue weighted by molar-refractivity contribution is 0.601. The number of hydrogen-bond donors (Lipinski definition) is 0. The van der Waals surface area contributed by atoms with Crippen LogP contribution in [0.15, 0.2) is 40.4 Å². The van der Waals surface area contributed by atoms with Crippen LogP contribution in [0.2, 0.25) is 0 Å². The fourth-order valence-electron chi connectivity index (χ4n) is 2.94. The lowest BCUT2D eigenvalue weighted by Crippen LogP contribution is -2.43. The van der Waals surface area contributed by atoms with Gasteiger partial charge in [-0.05, 0) is 12.0 Å². The van der Waals surface area contributed by atoms with Crippen molar-refractivity contribution < 1.29 is 0 Å². The highest BCUT2D eigenvalue weighted by molar-refractivity contribution is 6.65. The van der Waals surface area contributed by atoms with Crippen molar-refractivity contribution in [2.45, 2.75) is 26.4 Å². The third kappa shape index (κ3) is 1.57. The van der Waals surface area contributed by atoms with Gasteiger partial charge in [-0.3, -0.25) is 0 Å². The predicted molar refractivity (Wildman–Crippen MR) is 84.1 cm³/mol. The first kappa shape index (κ1) is 14.6. The van der Waals surface area contributed by atoms with Crippen molar-refractivity contribution in [2.75, 3.05) is 0 Å². The molecule has 0 nitrogen and oxygen atoms in total. The Kier molecular flexibility index (Phi) is 3.35. The maximum absolute atomic E-state index is 6.70. The summed E-state index contributed by atoms with van der Waals surface area (Å²) >= 11 is 38.6. The predicted octanol–water partition coefficient (Wildman–Crippen LogP) is 6.01. The normalized spacial score (nSPS) is 40.0. The molecule has 2 aliphatic carbocycles. The van der Waals surface area contributed by atoms with Crippen LogP contribution in [-0.4, -0.2) is 14.1 Å². The Balaban J connectivity index is 2.20. The van der Waals surface area contributed by atoms with Crippen LogP contribution in [0.4, 0.5) is 0 Å². The highest BCUT2D eigenvalue weighted by Crippen LogP contribution is 2.76. The molecule has 0 unspecified atom stereocenters. The summed E-state index contributed by atoms with van der Waals surface area (Å²) in [6, 6.07) is 9.68. The number of rotatable bonds is 1. The second kappa shape index (κ2) is 4.35. The third-order valence-electron chi connectivity index (χ3n) is 3.98. The van der Waals surface area contributed by atoms with E-state index >= 15 is 0 Å². The molecule has 6 heteroatoms. The van der Waals surface area contributed by atoms with Crippen molar-refractivity contribution >= 4 is 69.6 Å². The van der Waals surface area contributed by atoms with Crippen molar-refractivity contribution in [3.05, 3.63) is 46.0 Å². The van der Waals surface area contributed by atoms with Crippen LogP contribution < -0.4 is 0 Å². The third-order valence-corrected chi connectivity index (χ3v) is 8.26. The molecule has 0 amide bonds. The minimum atomic E-state index is -1.45. The number of benzene rings is 1. The summed E-state index contributed by atoms with van der Waals surface area (Å²) in [4.78, 5) is -2.34. The lowest BCUT2D eigenvalue weighted by atomic mass is 9.86. The molecule has 1 aromatic carbocycles. The number of halogens is 6. The van der Waals surface area contributed by atoms with Gasteiger partial charge in [0.05, 0.1) is 10.1 Å². The van der Waals surface area contributed by atoms with Gasteiger partial charge in [-0.2, -0.15) is 0 Å². The standard InChI is InChI=1S/C13H8Cl6/c14-9-10(15)12(17)8(7-4-2-1-3-5-7)6-11(9,16)13(12,18)19/h1-5,8H,6H2/t8-,11+,12+/m1/s1. The maximum atomic E-state index is 6.70. The van der Waals surface area contributed by atoms with E-state index in [0.717, 1.165) is 5.56 Å². The van der Waals surface area contributed by atoms with E-state index in [2.05, 4.69) is 0 Å². The van der Waals surface area contributed by atoms with Gasteiger partial charge in [-0.25, -0.2) is 0 Å². The second-order valence-electron chi connectivity index (χ2n) is 4.88. The van der Waals surface area contributed by atoms with E-state index in [9.17, 15) is 0 Å². The van der Waals surface area contributed by atoms with E-state index in [1.807, 2.05) is 30.3 Å². The first-order valence-corrected chi connectivity index (χ1v) is 7.90. The average Bonchev–Trinajstić information content (AvgIpc) is 2.62. The summed E-state index contributed by atoms with van der Waals surface area (Å²) in [5, 5.41) is 0.499. The SMILES string of the molecule is ClC1=C(Cl)[C@@]2(Cl)C[C@H](c3ccccc3)[C@@]1(Cl)C2(Cl)Cl. The van der Waals surface area contributed by atoms with Crippen LogP contribution in [-0.2, 0) is 0 Å². The Labute approximate surface area is 141 Å². The first-order valence-electron chi connectivity index (χ1n) is 5.63. The Morgan fingerprint density at radius 2 is 1.47 bits per heavy atom. The Hall–Kier alpha value is 0.700. The second-order valence-corrected chi connectivity index (χ2v) is 8.21. The summed E-state index contributed by atoms with van der Waals surface area (Å²) in [5.41, 5.74) is 0.994. The molecule has 19 heavy (non-hydrogen) atoms. The summed E-state index contributed by atoms with van der Waals surface area (Å²) < 4.78 is -1.45. The lowest BCUT2D eigenvalue weighted by Gasteiger charge is -2.34. The monoisotopic (exact) mass is 374 g/mol. The molecule has 0 aromatic heterocycles. The Bertz CT molecular complexity index is 566. The van der Waals surface area contributed by atoms with E-state index in [1.165, 1.54) is 0 Å². The average molecular weight is 377 g/mol. The van der Waals surface area contributed by atoms with Gasteiger partial charge in [0.15, 0.2) is 4.33 Å². The fraction of sp³-hybridized carbons (Fsp3) is 0.385. The van der Waals surface area contributed by atoms with Crippen LogP contribution in [0, 0.1) is 0 Å². The largest absolute Gasteiger partial charge is 0.166 e. The highest BCUT2D eigenvalue weighted by atomic mass is 35.5. The molecule has 3 rings (SSSR count). The molecular weight excluding hydrogens is 369 g/mol. The van der Waals surface area contributed by atoms with Crippen molar-refractivity contribution in [3.63, 3.8) is 0 Å². The van der Waals surface area contributed by atoms with Gasteiger partial charge < -0.3 is 0 Å². The van der Waals surface area contributed by atoms with E-state index < -0.39 is 14.1 Å². The van der Waals surface area contributed by atoms with Crippen molar-refractivity contribution in [2.24, 2.45) is 0 Å². The van der Waals surface area contributed by atoms with Crippen molar-refractivity contribution in [3.8, 4) is 0 Å². The van der Waals surface area contributed by atoms with Gasteiger partial charge in [-0.15, -0.1) is 23.2 Å². The molecule has 3 atom stereocenters. The number of alkyl halides is 4. The minimum Gasteiger partial charge on any atom is -0.110 e. The molecule has 0 heterocycles. The molecule has 0 N–H and O–H groups in total. The summed E-state index contributed by atoms with van der Waals surface area (Å²) in [6.07, 6.45) is 0.449. The molecule has 1 fully saturated rings. The van der Waals surface area contributed by atoms with E-state index in [-0.39, 0.29) is 16.0 Å². The van der Waals surface area contributed by atoms with Gasteiger partial charge in [0.1, 0.15) is 9.75 Å². The summed E-state index contributed by atoms with van der Waals surface area (Å²) in [5.74, 6) is -0.183. The molecule has 2 aliphatic rings. The molecule has 2 bridgehead atoms. The number of fused-ring (bicyclic) bond motifs is 2. The molecule has 0 aliphatic heterocycles.